The number of nitrogens with one attached hydrogen (secondary N) is 2. The molecule has 67 heavy (non-hydrogen) atoms. The first-order chi connectivity index (χ1) is 32.6. The van der Waals surface area contributed by atoms with Crippen molar-refractivity contribution in [3.63, 3.8) is 0 Å². The molecular weight excluding hydrogens is 849 g/mol. The minimum Gasteiger partial charge on any atom is -0.378 e. The number of hydrogen-bond donors (Lipinski definition) is 5. The quantitative estimate of drug-likeness (QED) is 0.0312. The van der Waals surface area contributed by atoms with Gasteiger partial charge >= 0.3 is 6.03 Å². The molecule has 0 aromatic heterocycles. The maximum Gasteiger partial charge on any atom is 0.317 e. The summed E-state index contributed by atoms with van der Waals surface area (Å²) in [5.74, 6) is 2.98. The van der Waals surface area contributed by atoms with Crippen LogP contribution in [-0.4, -0.2) is 140 Å². The normalized spacial score (nSPS) is 29.4. The number of unbranched alkanes of at least 4 members (excludes halogenated alkanes) is 5. The van der Waals surface area contributed by atoms with Crippen molar-refractivity contribution in [1.82, 2.24) is 15.5 Å². The van der Waals surface area contributed by atoms with E-state index in [2.05, 4.69) is 49.8 Å². The highest BCUT2D eigenvalue weighted by Crippen LogP contribution is 2.69. The number of amides is 3. The zero-order chi connectivity index (χ0) is 48.3. The fourth-order valence-corrected chi connectivity index (χ4v) is 13.0. The molecule has 390 valence electrons. The summed E-state index contributed by atoms with van der Waals surface area (Å²) < 4.78 is 37.4. The van der Waals surface area contributed by atoms with E-state index in [4.69, 9.17) is 45.6 Å². The summed E-state index contributed by atoms with van der Waals surface area (Å²) in [6.45, 7) is 22.6. The van der Waals surface area contributed by atoms with Crippen LogP contribution in [0.25, 0.3) is 0 Å². The van der Waals surface area contributed by atoms with E-state index < -0.39 is 0 Å². The molecular formula is C53H100N6O8. The van der Waals surface area contributed by atoms with Crippen LogP contribution in [-0.2, 0) is 33.2 Å². The van der Waals surface area contributed by atoms with Gasteiger partial charge in [-0.05, 0) is 150 Å². The van der Waals surface area contributed by atoms with Crippen molar-refractivity contribution in [3.8, 4) is 0 Å². The first-order valence-electron chi connectivity index (χ1n) is 27.2. The zero-order valence-electron chi connectivity index (χ0n) is 43.0. The van der Waals surface area contributed by atoms with E-state index in [0.717, 1.165) is 96.9 Å². The molecule has 0 aliphatic heterocycles. The van der Waals surface area contributed by atoms with Gasteiger partial charge in [-0.2, -0.15) is 0 Å². The van der Waals surface area contributed by atoms with E-state index in [9.17, 15) is 9.59 Å². The number of carbonyl (C=O) groups excluding carboxylic acids is 2. The van der Waals surface area contributed by atoms with E-state index in [1.54, 1.807) is 0 Å². The van der Waals surface area contributed by atoms with Crippen molar-refractivity contribution in [2.45, 2.75) is 162 Å². The second-order valence-corrected chi connectivity index (χ2v) is 20.9. The molecule has 4 saturated carbocycles. The Kier molecular flexibility index (Phi) is 27.7. The van der Waals surface area contributed by atoms with E-state index in [1.807, 2.05) is 0 Å². The molecule has 0 aromatic rings. The summed E-state index contributed by atoms with van der Waals surface area (Å²) in [5, 5.41) is 5.82. The molecule has 0 heterocycles. The largest absolute Gasteiger partial charge is 0.378 e. The monoisotopic (exact) mass is 949 g/mol. The average molecular weight is 949 g/mol. The van der Waals surface area contributed by atoms with Gasteiger partial charge in [0.1, 0.15) is 0 Å². The van der Waals surface area contributed by atoms with Crippen LogP contribution in [0, 0.1) is 46.3 Å². The molecule has 4 aliphatic carbocycles. The molecule has 11 atom stereocenters. The summed E-state index contributed by atoms with van der Waals surface area (Å²) in [4.78, 5) is 26.9. The van der Waals surface area contributed by atoms with Gasteiger partial charge in [0.2, 0.25) is 5.91 Å². The molecule has 0 aromatic carbocycles. The van der Waals surface area contributed by atoms with Gasteiger partial charge in [0.25, 0.3) is 0 Å². The van der Waals surface area contributed by atoms with Crippen LogP contribution >= 0.6 is 0 Å². The first-order valence-corrected chi connectivity index (χ1v) is 27.2. The van der Waals surface area contributed by atoms with Crippen LogP contribution in [0.2, 0.25) is 0 Å². The Morgan fingerprint density at radius 2 is 1.31 bits per heavy atom. The average Bonchev–Trinajstić information content (AvgIpc) is 3.69. The Morgan fingerprint density at radius 3 is 1.99 bits per heavy atom. The van der Waals surface area contributed by atoms with Gasteiger partial charge in [0.05, 0.1) is 58.0 Å². The fourth-order valence-electron chi connectivity index (χ4n) is 13.0. The Morgan fingerprint density at radius 1 is 0.701 bits per heavy atom. The van der Waals surface area contributed by atoms with Gasteiger partial charge in [0.15, 0.2) is 0 Å². The number of ether oxygens (including phenoxy) is 6. The second-order valence-electron chi connectivity index (χ2n) is 20.9. The van der Waals surface area contributed by atoms with Crippen molar-refractivity contribution in [1.29, 1.82) is 0 Å². The molecule has 5 unspecified atom stereocenters. The summed E-state index contributed by atoms with van der Waals surface area (Å²) >= 11 is 0. The highest BCUT2D eigenvalue weighted by atomic mass is 16.5. The maximum absolute atomic E-state index is 13.7. The minimum atomic E-state index is -0.210. The third kappa shape index (κ3) is 17.7. The molecule has 0 radical (unpaired) electrons. The van der Waals surface area contributed by atoms with Gasteiger partial charge in [-0.1, -0.05) is 66.4 Å². The highest BCUT2D eigenvalue weighted by Gasteiger charge is 2.66. The molecule has 4 aliphatic rings. The van der Waals surface area contributed by atoms with Crippen LogP contribution in [0.5, 0.6) is 0 Å². The SMILES string of the molecule is C=CC(=O)NCCOCCOCCOCCNC(=O)N(CCCCCCCC)CCC[C@@H](C)C1CC[C@H]2C3[C@H](OCCCN)CC4C[C@H](OCCCN)CCC4(C)[C@H]3C[C@H](OCCCN)C12C. The van der Waals surface area contributed by atoms with Crippen molar-refractivity contribution in [2.75, 3.05) is 105 Å². The van der Waals surface area contributed by atoms with Crippen molar-refractivity contribution in [2.24, 2.45) is 63.5 Å². The third-order valence-corrected chi connectivity index (χ3v) is 16.6. The predicted molar refractivity (Wildman–Crippen MR) is 269 cm³/mol. The van der Waals surface area contributed by atoms with Gasteiger partial charge in [0, 0.05) is 51.4 Å². The number of nitrogens with two attached hydrogens (primary N) is 3. The second kappa shape index (κ2) is 32.2. The van der Waals surface area contributed by atoms with Crippen LogP contribution in [0.3, 0.4) is 0 Å². The lowest BCUT2D eigenvalue weighted by Crippen LogP contribution is -2.63. The molecule has 14 nitrogen and oxygen atoms in total. The van der Waals surface area contributed by atoms with Crippen LogP contribution < -0.4 is 27.8 Å². The van der Waals surface area contributed by atoms with Crippen LogP contribution in [0.4, 0.5) is 4.79 Å². The molecule has 14 heteroatoms. The summed E-state index contributed by atoms with van der Waals surface area (Å²) in [6, 6.07) is 0.00278. The Hall–Kier alpha value is -1.88. The van der Waals surface area contributed by atoms with E-state index in [1.165, 1.54) is 51.0 Å². The third-order valence-electron chi connectivity index (χ3n) is 16.6. The summed E-state index contributed by atoms with van der Waals surface area (Å²) in [5.41, 5.74) is 18.2. The highest BCUT2D eigenvalue weighted by molar-refractivity contribution is 5.86. The molecule has 4 rings (SSSR count). The Balaban J connectivity index is 1.35. The van der Waals surface area contributed by atoms with E-state index in [0.29, 0.717) is 121 Å². The van der Waals surface area contributed by atoms with Gasteiger partial charge < -0.3 is 61.2 Å². The van der Waals surface area contributed by atoms with Crippen molar-refractivity contribution in [3.05, 3.63) is 12.7 Å². The zero-order valence-corrected chi connectivity index (χ0v) is 43.0. The van der Waals surface area contributed by atoms with Crippen molar-refractivity contribution >= 4 is 11.9 Å². The van der Waals surface area contributed by atoms with Crippen LogP contribution in [0.1, 0.15) is 143 Å². The lowest BCUT2D eigenvalue weighted by Gasteiger charge is -2.65. The number of fused-ring (bicyclic) bond motifs is 5. The first kappa shape index (κ1) is 57.7. The molecule has 0 saturated heterocycles. The predicted octanol–water partition coefficient (Wildman–Crippen LogP) is 7.21. The lowest BCUT2D eigenvalue weighted by atomic mass is 9.43. The molecule has 8 N–H and O–H groups in total. The van der Waals surface area contributed by atoms with Crippen molar-refractivity contribution < 1.29 is 38.0 Å². The molecule has 0 bridgehead atoms. The summed E-state index contributed by atoms with van der Waals surface area (Å²) in [7, 11) is 0. The standard InChI is InChI=1S/C53H100N6O8/c1-6-8-9-10-11-12-27-59(51(61)58-26-33-63-35-37-64-36-34-62-32-25-57-49(60)7-2)28-13-17-41(3)44-18-19-45-50-46(40-48(53(44,45)5)67-31-16-24-56)52(4)21-20-43(65-29-14-22-54)38-42(52)39-47(50)66-30-15-23-55/h7,41-48,50H,2,6,8-40,54-56H2,1,3-5H3,(H,57,60)(H,58,61)/t41-,42?,43-,44?,45+,46+,47-,48+,50?,52?,53?/m1/s1. The smallest absolute Gasteiger partial charge is 0.317 e. The van der Waals surface area contributed by atoms with Gasteiger partial charge in [-0.3, -0.25) is 4.79 Å². The lowest BCUT2D eigenvalue weighted by molar-refractivity contribution is -0.227. The molecule has 3 amide bonds. The Labute approximate surface area is 407 Å². The Bertz CT molecular complexity index is 1370. The maximum atomic E-state index is 13.7. The van der Waals surface area contributed by atoms with E-state index in [-0.39, 0.29) is 35.0 Å². The van der Waals surface area contributed by atoms with E-state index >= 15 is 0 Å². The molecule has 4 fully saturated rings. The number of carbonyl (C=O) groups is 2. The minimum absolute atomic E-state index is 0.00278. The fraction of sp³-hybridized carbons (Fsp3) is 0.925. The van der Waals surface area contributed by atoms with Crippen LogP contribution in [0.15, 0.2) is 12.7 Å². The number of hydrogen-bond acceptors (Lipinski definition) is 11. The summed E-state index contributed by atoms with van der Waals surface area (Å²) in [6.07, 6.45) is 21.9. The molecule has 0 spiro atoms. The number of rotatable bonds is 37. The topological polar surface area (TPSA) is 195 Å². The van der Waals surface area contributed by atoms with Gasteiger partial charge in [-0.15, -0.1) is 0 Å². The number of nitrogens with zero attached hydrogens (tertiary/aromatic N) is 1. The van der Waals surface area contributed by atoms with Gasteiger partial charge in [-0.25, -0.2) is 4.79 Å². The number of urea groups is 1.